The zero-order valence-electron chi connectivity index (χ0n) is 18.4. The van der Waals surface area contributed by atoms with Crippen LogP contribution in [0.2, 0.25) is 0 Å². The van der Waals surface area contributed by atoms with Crippen LogP contribution in [-0.2, 0) is 30.4 Å². The molecule has 0 spiro atoms. The molecular formula is C21H30N4O6. The van der Waals surface area contributed by atoms with Gasteiger partial charge in [0, 0.05) is 13.3 Å². The largest absolute Gasteiger partial charge is 0.480 e. The highest BCUT2D eigenvalue weighted by Crippen LogP contribution is 2.07. The second-order valence-corrected chi connectivity index (χ2v) is 8.22. The van der Waals surface area contributed by atoms with Crippen molar-refractivity contribution in [3.63, 3.8) is 0 Å². The number of benzene rings is 1. The van der Waals surface area contributed by atoms with Gasteiger partial charge in [-0.1, -0.05) is 30.3 Å². The van der Waals surface area contributed by atoms with E-state index >= 15 is 0 Å². The van der Waals surface area contributed by atoms with Crippen molar-refractivity contribution in [1.29, 1.82) is 0 Å². The minimum absolute atomic E-state index is 0.124. The van der Waals surface area contributed by atoms with E-state index in [9.17, 15) is 29.1 Å². The molecule has 1 aromatic rings. The highest BCUT2D eigenvalue weighted by atomic mass is 16.4. The molecular weight excluding hydrogens is 404 g/mol. The molecule has 0 saturated carbocycles. The first-order valence-electron chi connectivity index (χ1n) is 9.70. The SMILES string of the molecule is CC(=O)NC(C)(C)C(=O)NCC(=O)N[C@@H](Cc1ccccc1)C(=O)NC(C)(C)C(=O)O. The Morgan fingerprint density at radius 3 is 2.03 bits per heavy atom. The van der Waals surface area contributed by atoms with Crippen molar-refractivity contribution in [3.8, 4) is 0 Å². The molecule has 170 valence electrons. The quantitative estimate of drug-likeness (QED) is 0.341. The van der Waals surface area contributed by atoms with Gasteiger partial charge < -0.3 is 26.4 Å². The smallest absolute Gasteiger partial charge is 0.328 e. The van der Waals surface area contributed by atoms with Gasteiger partial charge in [0.1, 0.15) is 17.1 Å². The highest BCUT2D eigenvalue weighted by Gasteiger charge is 2.33. The molecule has 0 aromatic heterocycles. The average Bonchev–Trinajstić information content (AvgIpc) is 2.64. The van der Waals surface area contributed by atoms with Gasteiger partial charge in [0.2, 0.25) is 23.6 Å². The van der Waals surface area contributed by atoms with E-state index in [4.69, 9.17) is 0 Å². The Morgan fingerprint density at radius 1 is 0.935 bits per heavy atom. The third-order valence-electron chi connectivity index (χ3n) is 4.37. The molecule has 0 aliphatic heterocycles. The lowest BCUT2D eigenvalue weighted by molar-refractivity contribution is -0.146. The van der Waals surface area contributed by atoms with Gasteiger partial charge in [0.25, 0.3) is 0 Å². The van der Waals surface area contributed by atoms with Crippen molar-refractivity contribution in [2.45, 2.75) is 58.2 Å². The predicted octanol–water partition coefficient (Wildman–Crippen LogP) is -0.276. The molecule has 1 rings (SSSR count). The summed E-state index contributed by atoms with van der Waals surface area (Å²) >= 11 is 0. The van der Waals surface area contributed by atoms with E-state index in [1.165, 1.54) is 34.6 Å². The average molecular weight is 434 g/mol. The van der Waals surface area contributed by atoms with Crippen LogP contribution in [0.3, 0.4) is 0 Å². The Bertz CT molecular complexity index is 836. The number of nitrogens with one attached hydrogen (secondary N) is 4. The first-order chi connectivity index (χ1) is 14.2. The molecule has 1 aromatic carbocycles. The highest BCUT2D eigenvalue weighted by molar-refractivity contribution is 5.95. The summed E-state index contributed by atoms with van der Waals surface area (Å²) in [6.07, 6.45) is 0.124. The number of carbonyl (C=O) groups is 5. The van der Waals surface area contributed by atoms with Crippen LogP contribution in [0.5, 0.6) is 0 Å². The summed E-state index contributed by atoms with van der Waals surface area (Å²) in [5.74, 6) is -3.51. The topological polar surface area (TPSA) is 154 Å². The zero-order valence-corrected chi connectivity index (χ0v) is 18.4. The minimum atomic E-state index is -1.53. The van der Waals surface area contributed by atoms with Crippen molar-refractivity contribution in [1.82, 2.24) is 21.3 Å². The molecule has 5 N–H and O–H groups in total. The molecule has 0 aliphatic rings. The van der Waals surface area contributed by atoms with Crippen molar-refractivity contribution < 1.29 is 29.1 Å². The number of carboxylic acid groups (broad SMARTS) is 1. The molecule has 0 unspecified atom stereocenters. The maximum atomic E-state index is 12.7. The molecule has 1 atom stereocenters. The first-order valence-corrected chi connectivity index (χ1v) is 9.70. The van der Waals surface area contributed by atoms with Crippen LogP contribution in [0.4, 0.5) is 0 Å². The summed E-state index contributed by atoms with van der Waals surface area (Å²) in [7, 11) is 0. The van der Waals surface area contributed by atoms with Crippen molar-refractivity contribution in [3.05, 3.63) is 35.9 Å². The molecule has 0 fully saturated rings. The van der Waals surface area contributed by atoms with Gasteiger partial charge in [-0.05, 0) is 33.3 Å². The fourth-order valence-electron chi connectivity index (χ4n) is 2.63. The van der Waals surface area contributed by atoms with Gasteiger partial charge in [-0.2, -0.15) is 0 Å². The molecule has 0 bridgehead atoms. The summed E-state index contributed by atoms with van der Waals surface area (Å²) < 4.78 is 0. The summed E-state index contributed by atoms with van der Waals surface area (Å²) in [6, 6.07) is 7.83. The normalized spacial score (nSPS) is 12.3. The molecule has 0 saturated heterocycles. The van der Waals surface area contributed by atoms with Crippen LogP contribution in [-0.4, -0.2) is 58.4 Å². The Labute approximate surface area is 181 Å². The lowest BCUT2D eigenvalue weighted by Gasteiger charge is -2.26. The molecule has 31 heavy (non-hydrogen) atoms. The Hall–Kier alpha value is -3.43. The Balaban J connectivity index is 2.85. The number of aliphatic carboxylic acids is 1. The Morgan fingerprint density at radius 2 is 1.52 bits per heavy atom. The summed E-state index contributed by atoms with van der Waals surface area (Å²) in [5.41, 5.74) is -2.00. The van der Waals surface area contributed by atoms with Gasteiger partial charge in [0.05, 0.1) is 6.54 Å². The predicted molar refractivity (Wildman–Crippen MR) is 113 cm³/mol. The number of carboxylic acids is 1. The van der Waals surface area contributed by atoms with E-state index in [1.54, 1.807) is 30.3 Å². The standard InChI is InChI=1S/C21H30N4O6/c1-13(26)24-20(2,3)18(29)22-12-16(27)23-15(11-14-9-7-6-8-10-14)17(28)25-21(4,5)19(30)31/h6-10,15H,11-12H2,1-5H3,(H,22,29)(H,23,27)(H,24,26)(H,25,28)(H,30,31)/t15-/m0/s1. The maximum Gasteiger partial charge on any atom is 0.328 e. The van der Waals surface area contributed by atoms with Crippen LogP contribution in [0.15, 0.2) is 30.3 Å². The molecule has 0 aliphatic carbocycles. The van der Waals surface area contributed by atoms with Gasteiger partial charge in [-0.3, -0.25) is 19.2 Å². The van der Waals surface area contributed by atoms with Gasteiger partial charge in [-0.25, -0.2) is 4.79 Å². The summed E-state index contributed by atoms with van der Waals surface area (Å²) in [5, 5.41) is 19.1. The van der Waals surface area contributed by atoms with Crippen LogP contribution in [0.25, 0.3) is 0 Å². The molecule has 10 heteroatoms. The number of hydrogen-bond donors (Lipinski definition) is 5. The van der Waals surface area contributed by atoms with E-state index in [1.807, 2.05) is 0 Å². The van der Waals surface area contributed by atoms with Crippen molar-refractivity contribution in [2.75, 3.05) is 6.54 Å². The number of rotatable bonds is 10. The summed E-state index contributed by atoms with van der Waals surface area (Å²) in [4.78, 5) is 59.8. The van der Waals surface area contributed by atoms with Gasteiger partial charge in [-0.15, -0.1) is 0 Å². The fourth-order valence-corrected chi connectivity index (χ4v) is 2.63. The van der Waals surface area contributed by atoms with Gasteiger partial charge in [0.15, 0.2) is 0 Å². The zero-order chi connectivity index (χ0) is 23.8. The van der Waals surface area contributed by atoms with Crippen LogP contribution >= 0.6 is 0 Å². The Kier molecular flexibility index (Phi) is 8.72. The van der Waals surface area contributed by atoms with Crippen LogP contribution in [0.1, 0.15) is 40.2 Å². The summed E-state index contributed by atoms with van der Waals surface area (Å²) in [6.45, 7) is 6.48. The van der Waals surface area contributed by atoms with E-state index in [-0.39, 0.29) is 6.42 Å². The van der Waals surface area contributed by atoms with E-state index in [0.29, 0.717) is 0 Å². The lowest BCUT2D eigenvalue weighted by Crippen LogP contribution is -2.59. The molecule has 4 amide bonds. The van der Waals surface area contributed by atoms with E-state index < -0.39 is 53.3 Å². The number of carbonyl (C=O) groups excluding carboxylic acids is 4. The third kappa shape index (κ3) is 8.45. The first kappa shape index (κ1) is 25.6. The molecule has 0 radical (unpaired) electrons. The fraction of sp³-hybridized carbons (Fsp3) is 0.476. The van der Waals surface area contributed by atoms with Crippen LogP contribution in [0, 0.1) is 0 Å². The van der Waals surface area contributed by atoms with Crippen molar-refractivity contribution in [2.24, 2.45) is 0 Å². The lowest BCUT2D eigenvalue weighted by atomic mass is 10.0. The van der Waals surface area contributed by atoms with Crippen molar-refractivity contribution >= 4 is 29.6 Å². The van der Waals surface area contributed by atoms with E-state index in [2.05, 4.69) is 21.3 Å². The monoisotopic (exact) mass is 434 g/mol. The maximum absolute atomic E-state index is 12.7. The molecule has 10 nitrogen and oxygen atoms in total. The van der Waals surface area contributed by atoms with Gasteiger partial charge >= 0.3 is 5.97 Å². The second kappa shape index (κ2) is 10.6. The second-order valence-electron chi connectivity index (χ2n) is 8.22. The third-order valence-corrected chi connectivity index (χ3v) is 4.37. The van der Waals surface area contributed by atoms with E-state index in [0.717, 1.165) is 5.56 Å². The number of amides is 4. The molecule has 0 heterocycles. The minimum Gasteiger partial charge on any atom is -0.480 e. The van der Waals surface area contributed by atoms with Crippen LogP contribution < -0.4 is 21.3 Å². The number of hydrogen-bond acceptors (Lipinski definition) is 5.